The van der Waals surface area contributed by atoms with Gasteiger partial charge in [-0.05, 0) is 42.7 Å². The van der Waals surface area contributed by atoms with E-state index in [2.05, 4.69) is 5.32 Å². The second kappa shape index (κ2) is 6.73. The van der Waals surface area contributed by atoms with Gasteiger partial charge in [-0.25, -0.2) is 4.39 Å². The highest BCUT2D eigenvalue weighted by Crippen LogP contribution is 2.17. The smallest absolute Gasteiger partial charge is 0.127 e. The molecular formula is C16H17ClFNO. The third-order valence-electron chi connectivity index (χ3n) is 3.08. The Hall–Kier alpha value is -1.58. The molecule has 0 aromatic heterocycles. The molecule has 0 amide bonds. The topological polar surface area (TPSA) is 32.3 Å². The summed E-state index contributed by atoms with van der Waals surface area (Å²) >= 11 is 6.12. The number of phenols is 1. The SMILES string of the molecule is CC(Cc1ccccc1Cl)NCc1cc(O)cc(F)c1. The van der Waals surface area contributed by atoms with Crippen molar-refractivity contribution in [3.63, 3.8) is 0 Å². The molecule has 0 fully saturated rings. The van der Waals surface area contributed by atoms with E-state index in [0.717, 1.165) is 23.1 Å². The Labute approximate surface area is 123 Å². The van der Waals surface area contributed by atoms with Crippen LogP contribution in [0.3, 0.4) is 0 Å². The first kappa shape index (κ1) is 14.8. The summed E-state index contributed by atoms with van der Waals surface area (Å²) in [6, 6.07) is 12.0. The van der Waals surface area contributed by atoms with Gasteiger partial charge in [0.05, 0.1) is 0 Å². The lowest BCUT2D eigenvalue weighted by atomic mass is 10.1. The van der Waals surface area contributed by atoms with Gasteiger partial charge < -0.3 is 10.4 Å². The number of aromatic hydroxyl groups is 1. The van der Waals surface area contributed by atoms with Crippen LogP contribution in [0.5, 0.6) is 5.75 Å². The van der Waals surface area contributed by atoms with Crippen molar-refractivity contribution in [1.29, 1.82) is 0 Å². The number of hydrogen-bond acceptors (Lipinski definition) is 2. The molecular weight excluding hydrogens is 277 g/mol. The minimum Gasteiger partial charge on any atom is -0.508 e. The highest BCUT2D eigenvalue weighted by atomic mass is 35.5. The lowest BCUT2D eigenvalue weighted by molar-refractivity contribution is 0.466. The van der Waals surface area contributed by atoms with Crippen LogP contribution in [0.2, 0.25) is 5.02 Å². The van der Waals surface area contributed by atoms with E-state index >= 15 is 0 Å². The summed E-state index contributed by atoms with van der Waals surface area (Å²) in [4.78, 5) is 0. The van der Waals surface area contributed by atoms with Gasteiger partial charge in [-0.1, -0.05) is 29.8 Å². The van der Waals surface area contributed by atoms with Gasteiger partial charge >= 0.3 is 0 Å². The van der Waals surface area contributed by atoms with E-state index in [1.807, 2.05) is 31.2 Å². The summed E-state index contributed by atoms with van der Waals surface area (Å²) in [5.74, 6) is -0.485. The molecule has 2 aromatic carbocycles. The maximum absolute atomic E-state index is 13.1. The van der Waals surface area contributed by atoms with Crippen LogP contribution in [-0.4, -0.2) is 11.1 Å². The van der Waals surface area contributed by atoms with Gasteiger partial charge in [0.25, 0.3) is 0 Å². The Balaban J connectivity index is 1.92. The lowest BCUT2D eigenvalue weighted by Gasteiger charge is -2.15. The van der Waals surface area contributed by atoms with E-state index in [9.17, 15) is 9.50 Å². The Morgan fingerprint density at radius 3 is 2.70 bits per heavy atom. The summed E-state index contributed by atoms with van der Waals surface area (Å²) in [6.45, 7) is 2.54. The fraction of sp³-hybridized carbons (Fsp3) is 0.250. The summed E-state index contributed by atoms with van der Waals surface area (Å²) in [6.07, 6.45) is 0.793. The Kier molecular flexibility index (Phi) is 4.99. The van der Waals surface area contributed by atoms with Crippen molar-refractivity contribution in [3.8, 4) is 5.75 Å². The molecule has 20 heavy (non-hydrogen) atoms. The summed E-state index contributed by atoms with van der Waals surface area (Å²) in [5.41, 5.74) is 1.80. The zero-order chi connectivity index (χ0) is 14.5. The molecule has 0 bridgehead atoms. The van der Waals surface area contributed by atoms with Crippen molar-refractivity contribution in [3.05, 3.63) is 64.4 Å². The minimum absolute atomic E-state index is 0.0550. The second-order valence-corrected chi connectivity index (χ2v) is 5.30. The predicted molar refractivity (Wildman–Crippen MR) is 79.5 cm³/mol. The average Bonchev–Trinajstić information content (AvgIpc) is 2.38. The van der Waals surface area contributed by atoms with E-state index < -0.39 is 5.82 Å². The van der Waals surface area contributed by atoms with Gasteiger partial charge in [-0.2, -0.15) is 0 Å². The highest BCUT2D eigenvalue weighted by Gasteiger charge is 2.07. The Morgan fingerprint density at radius 2 is 2.00 bits per heavy atom. The molecule has 0 aliphatic rings. The predicted octanol–water partition coefficient (Wildman–Crippen LogP) is 3.91. The average molecular weight is 294 g/mol. The molecule has 1 atom stereocenters. The van der Waals surface area contributed by atoms with E-state index in [1.54, 1.807) is 6.07 Å². The number of nitrogens with one attached hydrogen (secondary N) is 1. The van der Waals surface area contributed by atoms with Crippen molar-refractivity contribution in [1.82, 2.24) is 5.32 Å². The van der Waals surface area contributed by atoms with Gasteiger partial charge in [0, 0.05) is 23.7 Å². The van der Waals surface area contributed by atoms with Gasteiger partial charge in [0.15, 0.2) is 0 Å². The molecule has 106 valence electrons. The van der Waals surface area contributed by atoms with Crippen LogP contribution in [0.15, 0.2) is 42.5 Å². The van der Waals surface area contributed by atoms with Crippen molar-refractivity contribution >= 4 is 11.6 Å². The standard InChI is InChI=1S/C16H17ClFNO/c1-11(6-13-4-2-3-5-16(13)17)19-10-12-7-14(18)9-15(20)8-12/h2-5,7-9,11,19-20H,6,10H2,1H3. The molecule has 0 aliphatic carbocycles. The normalized spacial score (nSPS) is 12.3. The minimum atomic E-state index is -0.430. The zero-order valence-corrected chi connectivity index (χ0v) is 12.0. The van der Waals surface area contributed by atoms with Crippen molar-refractivity contribution in [2.24, 2.45) is 0 Å². The fourth-order valence-corrected chi connectivity index (χ4v) is 2.31. The van der Waals surface area contributed by atoms with Crippen molar-refractivity contribution in [2.45, 2.75) is 25.9 Å². The largest absolute Gasteiger partial charge is 0.508 e. The number of halogens is 2. The first-order chi connectivity index (χ1) is 9.54. The quantitative estimate of drug-likeness (QED) is 0.876. The summed E-state index contributed by atoms with van der Waals surface area (Å²) < 4.78 is 13.1. The number of phenolic OH excluding ortho intramolecular Hbond substituents is 1. The molecule has 0 heterocycles. The van der Waals surface area contributed by atoms with Crippen LogP contribution < -0.4 is 5.32 Å². The molecule has 2 rings (SSSR count). The molecule has 2 aromatic rings. The van der Waals surface area contributed by atoms with Crippen LogP contribution in [0.25, 0.3) is 0 Å². The molecule has 2 nitrogen and oxygen atoms in total. The molecule has 0 radical (unpaired) electrons. The van der Waals surface area contributed by atoms with Crippen LogP contribution in [0.1, 0.15) is 18.1 Å². The first-order valence-electron chi connectivity index (χ1n) is 6.50. The maximum atomic E-state index is 13.1. The van der Waals surface area contributed by atoms with Crippen LogP contribution in [-0.2, 0) is 13.0 Å². The molecule has 2 N–H and O–H groups in total. The van der Waals surface area contributed by atoms with Crippen molar-refractivity contribution < 1.29 is 9.50 Å². The Morgan fingerprint density at radius 1 is 1.25 bits per heavy atom. The number of hydrogen-bond donors (Lipinski definition) is 2. The fourth-order valence-electron chi connectivity index (χ4n) is 2.09. The van der Waals surface area contributed by atoms with E-state index in [1.165, 1.54) is 6.07 Å². The van der Waals surface area contributed by atoms with E-state index in [-0.39, 0.29) is 11.8 Å². The third kappa shape index (κ3) is 4.22. The summed E-state index contributed by atoms with van der Waals surface area (Å²) in [5, 5.41) is 13.4. The van der Waals surface area contributed by atoms with E-state index in [0.29, 0.717) is 12.1 Å². The molecule has 0 saturated carbocycles. The van der Waals surface area contributed by atoms with Crippen LogP contribution in [0, 0.1) is 5.82 Å². The molecule has 1 unspecified atom stereocenters. The zero-order valence-electron chi connectivity index (χ0n) is 11.2. The van der Waals surface area contributed by atoms with Crippen LogP contribution in [0.4, 0.5) is 4.39 Å². The maximum Gasteiger partial charge on any atom is 0.127 e. The van der Waals surface area contributed by atoms with Crippen molar-refractivity contribution in [2.75, 3.05) is 0 Å². The van der Waals surface area contributed by atoms with E-state index in [4.69, 9.17) is 11.6 Å². The molecule has 0 spiro atoms. The van der Waals surface area contributed by atoms with Gasteiger partial charge in [-0.3, -0.25) is 0 Å². The highest BCUT2D eigenvalue weighted by molar-refractivity contribution is 6.31. The van der Waals surface area contributed by atoms with Gasteiger partial charge in [0.2, 0.25) is 0 Å². The third-order valence-corrected chi connectivity index (χ3v) is 3.45. The lowest BCUT2D eigenvalue weighted by Crippen LogP contribution is -2.27. The number of rotatable bonds is 5. The summed E-state index contributed by atoms with van der Waals surface area (Å²) in [7, 11) is 0. The first-order valence-corrected chi connectivity index (χ1v) is 6.87. The van der Waals surface area contributed by atoms with Crippen LogP contribution >= 0.6 is 11.6 Å². The monoisotopic (exact) mass is 293 g/mol. The van der Waals surface area contributed by atoms with Gasteiger partial charge in [-0.15, -0.1) is 0 Å². The number of benzene rings is 2. The molecule has 4 heteroatoms. The van der Waals surface area contributed by atoms with Gasteiger partial charge in [0.1, 0.15) is 11.6 Å². The Bertz CT molecular complexity index is 568. The molecule has 0 aliphatic heterocycles. The molecule has 0 saturated heterocycles. The second-order valence-electron chi connectivity index (χ2n) is 4.90.